The van der Waals surface area contributed by atoms with Gasteiger partial charge in [0.05, 0.1) is 5.56 Å². The molecule has 0 saturated heterocycles. The molecule has 1 heterocycles. The minimum Gasteiger partial charge on any atom is -0.373 e. The Kier molecular flexibility index (Phi) is 1.35. The van der Waals surface area contributed by atoms with Crippen molar-refractivity contribution in [3.05, 3.63) is 23.9 Å². The number of halogens is 3. The Morgan fingerprint density at radius 2 is 2.33 bits per heavy atom. The summed E-state index contributed by atoms with van der Waals surface area (Å²) in [7, 11) is 0. The quantitative estimate of drug-likeness (QED) is 0.714. The fourth-order valence-electron chi connectivity index (χ4n) is 0.734. The van der Waals surface area contributed by atoms with Crippen LogP contribution in [0.3, 0.4) is 0 Å². The maximum atomic E-state index is 12.4. The second-order valence-electron chi connectivity index (χ2n) is 2.02. The van der Waals surface area contributed by atoms with E-state index in [0.717, 1.165) is 18.3 Å². The largest absolute Gasteiger partial charge is 0.419 e. The highest BCUT2D eigenvalue weighted by molar-refractivity contribution is 5.44. The zero-order valence-electron chi connectivity index (χ0n) is 8.81. The minimum atomic E-state index is -4.62. The summed E-state index contributed by atoms with van der Waals surface area (Å²) < 4.78 is 57.4. The predicted octanol–water partition coefficient (Wildman–Crippen LogP) is 2.14. The molecule has 2 nitrogen and oxygen atoms in total. The fourth-order valence-corrected chi connectivity index (χ4v) is 0.734. The molecule has 0 aliphatic rings. The molecule has 12 heavy (non-hydrogen) atoms. The summed E-state index contributed by atoms with van der Waals surface area (Å²) in [5.74, 6) is -0.690. The molecule has 0 saturated carbocycles. The lowest BCUT2D eigenvalue weighted by atomic mass is 10.2. The third kappa shape index (κ3) is 1.66. The third-order valence-corrected chi connectivity index (χ3v) is 1.23. The summed E-state index contributed by atoms with van der Waals surface area (Å²) >= 11 is 0. The SMILES string of the molecule is [2H]C([2H])([2H])Nc1ncccc1C(F)(F)F. The van der Waals surface area contributed by atoms with Crippen LogP contribution in [-0.2, 0) is 6.18 Å². The highest BCUT2D eigenvalue weighted by Gasteiger charge is 2.33. The van der Waals surface area contributed by atoms with E-state index in [2.05, 4.69) is 4.98 Å². The van der Waals surface area contributed by atoms with E-state index in [1.54, 1.807) is 5.32 Å². The van der Waals surface area contributed by atoms with Gasteiger partial charge in [-0.1, -0.05) is 0 Å². The summed E-state index contributed by atoms with van der Waals surface area (Å²) in [6.45, 7) is -2.70. The molecule has 0 bridgehead atoms. The van der Waals surface area contributed by atoms with Crippen LogP contribution in [0, 0.1) is 0 Å². The van der Waals surface area contributed by atoms with Crippen molar-refractivity contribution < 1.29 is 17.3 Å². The molecule has 1 aromatic rings. The molecule has 0 aromatic carbocycles. The molecule has 0 unspecified atom stereocenters. The van der Waals surface area contributed by atoms with Crippen LogP contribution in [0.4, 0.5) is 19.0 Å². The van der Waals surface area contributed by atoms with Crippen molar-refractivity contribution in [3.8, 4) is 0 Å². The van der Waals surface area contributed by atoms with Crippen LogP contribution in [0.2, 0.25) is 0 Å². The first kappa shape index (κ1) is 5.40. The van der Waals surface area contributed by atoms with Gasteiger partial charge in [0.1, 0.15) is 5.82 Å². The lowest BCUT2D eigenvalue weighted by Crippen LogP contribution is -2.09. The maximum absolute atomic E-state index is 12.4. The van der Waals surface area contributed by atoms with Gasteiger partial charge in [0, 0.05) is 17.3 Å². The van der Waals surface area contributed by atoms with Crippen molar-refractivity contribution in [1.29, 1.82) is 0 Å². The molecule has 1 rings (SSSR count). The molecule has 66 valence electrons. The molecular weight excluding hydrogens is 169 g/mol. The Hall–Kier alpha value is -1.26. The Balaban J connectivity index is 3.08. The van der Waals surface area contributed by atoms with Crippen molar-refractivity contribution in [1.82, 2.24) is 4.98 Å². The maximum Gasteiger partial charge on any atom is 0.419 e. The lowest BCUT2D eigenvalue weighted by molar-refractivity contribution is -0.137. The number of alkyl halides is 3. The summed E-state index contributed by atoms with van der Waals surface area (Å²) in [6, 6.07) is 1.86. The molecule has 0 aliphatic carbocycles. The molecule has 0 fully saturated rings. The average Bonchev–Trinajstić information content (AvgIpc) is 1.99. The van der Waals surface area contributed by atoms with Gasteiger partial charge < -0.3 is 5.32 Å². The van der Waals surface area contributed by atoms with Crippen LogP contribution in [0.25, 0.3) is 0 Å². The molecule has 5 heteroatoms. The smallest absolute Gasteiger partial charge is 0.373 e. The topological polar surface area (TPSA) is 24.9 Å². The van der Waals surface area contributed by atoms with E-state index in [1.165, 1.54) is 0 Å². The highest BCUT2D eigenvalue weighted by atomic mass is 19.4. The number of nitrogens with zero attached hydrogens (tertiary/aromatic N) is 1. The fraction of sp³-hybridized carbons (Fsp3) is 0.286. The number of hydrogen-bond acceptors (Lipinski definition) is 2. The van der Waals surface area contributed by atoms with Crippen molar-refractivity contribution >= 4 is 5.82 Å². The summed E-state index contributed by atoms with van der Waals surface area (Å²) in [5, 5.41) is 1.73. The monoisotopic (exact) mass is 179 g/mol. The number of anilines is 1. The van der Waals surface area contributed by atoms with Gasteiger partial charge in [-0.05, 0) is 12.1 Å². The van der Waals surface area contributed by atoms with E-state index in [9.17, 15) is 13.2 Å². The van der Waals surface area contributed by atoms with Crippen LogP contribution in [0.15, 0.2) is 18.3 Å². The number of aromatic nitrogens is 1. The van der Waals surface area contributed by atoms with E-state index >= 15 is 0 Å². The van der Waals surface area contributed by atoms with Gasteiger partial charge in [0.2, 0.25) is 0 Å². The van der Waals surface area contributed by atoms with Crippen LogP contribution in [-0.4, -0.2) is 12.0 Å². The standard InChI is InChI=1S/C7H7F3N2/c1-11-6-5(7(8,9)10)3-2-4-12-6/h2-4H,1H3,(H,11,12)/i1D3. The number of hydrogen-bond donors (Lipinski definition) is 1. The van der Waals surface area contributed by atoms with Crippen LogP contribution >= 0.6 is 0 Å². The first-order valence-corrected chi connectivity index (χ1v) is 3.00. The highest BCUT2D eigenvalue weighted by Crippen LogP contribution is 2.32. The van der Waals surface area contributed by atoms with Crippen molar-refractivity contribution in [3.63, 3.8) is 0 Å². The second kappa shape index (κ2) is 3.00. The Morgan fingerprint density at radius 3 is 2.92 bits per heavy atom. The Labute approximate surface area is 71.6 Å². The zero-order valence-corrected chi connectivity index (χ0v) is 5.81. The Morgan fingerprint density at radius 1 is 1.58 bits per heavy atom. The number of rotatable bonds is 1. The molecule has 1 aromatic heterocycles. The summed E-state index contributed by atoms with van der Waals surface area (Å²) in [5.41, 5.74) is -1.10. The molecule has 0 spiro atoms. The van der Waals surface area contributed by atoms with E-state index < -0.39 is 24.5 Å². The first-order chi connectivity index (χ1) is 6.70. The minimum absolute atomic E-state index is 0.690. The van der Waals surface area contributed by atoms with Gasteiger partial charge in [-0.15, -0.1) is 0 Å². The zero-order chi connectivity index (χ0) is 11.7. The van der Waals surface area contributed by atoms with E-state index in [0.29, 0.717) is 0 Å². The summed E-state index contributed by atoms with van der Waals surface area (Å²) in [4.78, 5) is 3.34. The van der Waals surface area contributed by atoms with Crippen molar-refractivity contribution in [2.24, 2.45) is 0 Å². The second-order valence-corrected chi connectivity index (χ2v) is 2.02. The van der Waals surface area contributed by atoms with Gasteiger partial charge in [-0.3, -0.25) is 0 Å². The number of pyridine rings is 1. The Bertz CT molecular complexity index is 348. The summed E-state index contributed by atoms with van der Waals surface area (Å²) in [6.07, 6.45) is -3.54. The molecule has 0 radical (unpaired) electrons. The first-order valence-electron chi connectivity index (χ1n) is 4.50. The van der Waals surface area contributed by atoms with E-state index in [-0.39, 0.29) is 0 Å². The molecule has 1 N–H and O–H groups in total. The lowest BCUT2D eigenvalue weighted by Gasteiger charge is -2.09. The normalized spacial score (nSPS) is 16.1. The van der Waals surface area contributed by atoms with Gasteiger partial charge in [0.15, 0.2) is 0 Å². The van der Waals surface area contributed by atoms with E-state index in [1.807, 2.05) is 0 Å². The molecule has 0 amide bonds. The van der Waals surface area contributed by atoms with Gasteiger partial charge in [0.25, 0.3) is 0 Å². The third-order valence-electron chi connectivity index (χ3n) is 1.23. The van der Waals surface area contributed by atoms with Gasteiger partial charge in [-0.2, -0.15) is 13.2 Å². The predicted molar refractivity (Wildman–Crippen MR) is 38.8 cm³/mol. The van der Waals surface area contributed by atoms with Crippen molar-refractivity contribution in [2.75, 3.05) is 12.3 Å². The van der Waals surface area contributed by atoms with E-state index in [4.69, 9.17) is 4.11 Å². The van der Waals surface area contributed by atoms with Crippen molar-refractivity contribution in [2.45, 2.75) is 6.18 Å². The average molecular weight is 179 g/mol. The molecular formula is C7H7F3N2. The molecule has 0 aliphatic heterocycles. The number of nitrogens with one attached hydrogen (secondary N) is 1. The van der Waals surface area contributed by atoms with Crippen LogP contribution in [0.5, 0.6) is 0 Å². The van der Waals surface area contributed by atoms with Crippen LogP contribution in [0.1, 0.15) is 9.68 Å². The van der Waals surface area contributed by atoms with Crippen LogP contribution < -0.4 is 5.32 Å². The molecule has 0 atom stereocenters. The van der Waals surface area contributed by atoms with Gasteiger partial charge in [-0.25, -0.2) is 4.98 Å². The van der Waals surface area contributed by atoms with Gasteiger partial charge >= 0.3 is 6.18 Å².